The maximum atomic E-state index is 13.4. The highest BCUT2D eigenvalue weighted by Crippen LogP contribution is 2.39. The summed E-state index contributed by atoms with van der Waals surface area (Å²) in [6.45, 7) is 4.90. The molecule has 3 aromatic carbocycles. The van der Waals surface area contributed by atoms with E-state index in [9.17, 15) is 10.1 Å². The fourth-order valence-corrected chi connectivity index (χ4v) is 5.29. The van der Waals surface area contributed by atoms with Gasteiger partial charge in [0, 0.05) is 21.6 Å². The number of hydrogen-bond donors (Lipinski definition) is 0. The summed E-state index contributed by atoms with van der Waals surface area (Å²) in [7, 11) is 1.56. The van der Waals surface area contributed by atoms with Gasteiger partial charge in [0.05, 0.1) is 29.3 Å². The first kappa shape index (κ1) is 27.8. The lowest BCUT2D eigenvalue weighted by atomic mass is 10.1. The van der Waals surface area contributed by atoms with Crippen LogP contribution in [0.1, 0.15) is 30.5 Å². The second-order valence-electron chi connectivity index (χ2n) is 8.87. The molecule has 194 valence electrons. The Kier molecular flexibility index (Phi) is 9.16. The quantitative estimate of drug-likeness (QED) is 0.243. The Labute approximate surface area is 240 Å². The van der Waals surface area contributed by atoms with Crippen molar-refractivity contribution in [2.24, 2.45) is 10.9 Å². The molecule has 0 N–H and O–H groups in total. The number of ether oxygens (including phenoxy) is 2. The second kappa shape index (κ2) is 12.5. The molecule has 38 heavy (non-hydrogen) atoms. The van der Waals surface area contributed by atoms with Gasteiger partial charge in [0.2, 0.25) is 0 Å². The van der Waals surface area contributed by atoms with E-state index < -0.39 is 0 Å². The minimum Gasteiger partial charge on any atom is -0.493 e. The molecule has 9 heteroatoms. The number of nitrogens with zero attached hydrogens (tertiary/aromatic N) is 3. The first-order valence-corrected chi connectivity index (χ1v) is 13.8. The zero-order valence-corrected chi connectivity index (χ0v) is 24.2. The van der Waals surface area contributed by atoms with Gasteiger partial charge in [-0.15, -0.1) is 0 Å². The molecule has 0 spiro atoms. The summed E-state index contributed by atoms with van der Waals surface area (Å²) in [5.74, 6) is 1.20. The lowest BCUT2D eigenvalue weighted by molar-refractivity contribution is -0.122. The average Bonchev–Trinajstić information content (AvgIpc) is 3.18. The Morgan fingerprint density at radius 1 is 1.16 bits per heavy atom. The largest absolute Gasteiger partial charge is 0.493 e. The van der Waals surface area contributed by atoms with Gasteiger partial charge in [-0.2, -0.15) is 5.26 Å². The SMILES string of the molecule is COc1cc(/C=C2\SC(=Nc3ccc(Cl)cc3)N(CC(C)C)C2=O)c(Br)cc1OCc1ccccc1C#N. The van der Waals surface area contributed by atoms with E-state index in [0.29, 0.717) is 38.7 Å². The third-order valence-electron chi connectivity index (χ3n) is 5.58. The van der Waals surface area contributed by atoms with Crippen molar-refractivity contribution in [2.75, 3.05) is 13.7 Å². The number of nitriles is 1. The van der Waals surface area contributed by atoms with E-state index >= 15 is 0 Å². The average molecular weight is 611 g/mol. The number of carbonyl (C=O) groups excluding carboxylic acids is 1. The van der Waals surface area contributed by atoms with E-state index in [2.05, 4.69) is 35.8 Å². The van der Waals surface area contributed by atoms with Gasteiger partial charge in [-0.3, -0.25) is 9.69 Å². The number of methoxy groups -OCH3 is 1. The number of benzene rings is 3. The number of amides is 1. The minimum absolute atomic E-state index is 0.101. The van der Waals surface area contributed by atoms with Crippen LogP contribution in [0.4, 0.5) is 5.69 Å². The number of amidine groups is 1. The van der Waals surface area contributed by atoms with E-state index in [0.717, 1.165) is 21.3 Å². The monoisotopic (exact) mass is 609 g/mol. The van der Waals surface area contributed by atoms with Gasteiger partial charge in [-0.05, 0) is 71.8 Å². The predicted molar refractivity (Wildman–Crippen MR) is 157 cm³/mol. The number of carbonyl (C=O) groups is 1. The molecule has 0 bridgehead atoms. The zero-order chi connectivity index (χ0) is 27.2. The van der Waals surface area contributed by atoms with Gasteiger partial charge in [0.15, 0.2) is 16.7 Å². The van der Waals surface area contributed by atoms with Gasteiger partial charge in [-0.25, -0.2) is 4.99 Å². The normalized spacial score (nSPS) is 15.4. The Hall–Kier alpha value is -3.25. The lowest BCUT2D eigenvalue weighted by Gasteiger charge is -2.17. The zero-order valence-electron chi connectivity index (χ0n) is 21.1. The summed E-state index contributed by atoms with van der Waals surface area (Å²) in [4.78, 5) is 20.4. The Balaban J connectivity index is 1.62. The first-order valence-electron chi connectivity index (χ1n) is 11.8. The molecule has 0 unspecified atom stereocenters. The van der Waals surface area contributed by atoms with Crippen LogP contribution in [-0.2, 0) is 11.4 Å². The van der Waals surface area contributed by atoms with Crippen LogP contribution in [0.5, 0.6) is 11.5 Å². The van der Waals surface area contributed by atoms with Crippen molar-refractivity contribution in [2.45, 2.75) is 20.5 Å². The Morgan fingerprint density at radius 3 is 2.58 bits per heavy atom. The van der Waals surface area contributed by atoms with Gasteiger partial charge in [0.25, 0.3) is 5.91 Å². The number of rotatable bonds is 8. The summed E-state index contributed by atoms with van der Waals surface area (Å²) >= 11 is 11.0. The van der Waals surface area contributed by atoms with Crippen LogP contribution >= 0.6 is 39.3 Å². The van der Waals surface area contributed by atoms with Gasteiger partial charge < -0.3 is 9.47 Å². The van der Waals surface area contributed by atoms with Crippen molar-refractivity contribution in [3.63, 3.8) is 0 Å². The van der Waals surface area contributed by atoms with Crippen molar-refractivity contribution in [3.8, 4) is 17.6 Å². The van der Waals surface area contributed by atoms with Crippen molar-refractivity contribution in [3.05, 3.63) is 91.8 Å². The second-order valence-corrected chi connectivity index (χ2v) is 11.2. The van der Waals surface area contributed by atoms with Crippen LogP contribution < -0.4 is 9.47 Å². The van der Waals surface area contributed by atoms with E-state index in [1.807, 2.05) is 42.5 Å². The van der Waals surface area contributed by atoms with Crippen LogP contribution in [0.3, 0.4) is 0 Å². The van der Waals surface area contributed by atoms with Crippen molar-refractivity contribution < 1.29 is 14.3 Å². The number of hydrogen-bond acceptors (Lipinski definition) is 6. The lowest BCUT2D eigenvalue weighted by Crippen LogP contribution is -2.32. The van der Waals surface area contributed by atoms with E-state index in [4.69, 9.17) is 26.1 Å². The Bertz CT molecular complexity index is 1450. The Morgan fingerprint density at radius 2 is 1.89 bits per heavy atom. The summed E-state index contributed by atoms with van der Waals surface area (Å²) in [5.41, 5.74) is 2.83. The molecule has 1 aliphatic heterocycles. The summed E-state index contributed by atoms with van der Waals surface area (Å²) < 4.78 is 12.3. The highest BCUT2D eigenvalue weighted by Gasteiger charge is 2.34. The molecule has 0 saturated carbocycles. The van der Waals surface area contributed by atoms with E-state index in [1.165, 1.54) is 11.8 Å². The summed E-state index contributed by atoms with van der Waals surface area (Å²) in [5, 5.41) is 10.6. The first-order chi connectivity index (χ1) is 18.3. The minimum atomic E-state index is -0.101. The highest BCUT2D eigenvalue weighted by molar-refractivity contribution is 9.10. The topological polar surface area (TPSA) is 74.9 Å². The van der Waals surface area contributed by atoms with E-state index in [-0.39, 0.29) is 18.4 Å². The van der Waals surface area contributed by atoms with Crippen LogP contribution in [0.15, 0.2) is 75.0 Å². The summed E-state index contributed by atoms with van der Waals surface area (Å²) in [6, 6.07) is 20.3. The number of halogens is 2. The molecule has 0 radical (unpaired) electrons. The van der Waals surface area contributed by atoms with Gasteiger partial charge in [-0.1, -0.05) is 59.6 Å². The molecule has 0 atom stereocenters. The maximum Gasteiger partial charge on any atom is 0.266 e. The molecule has 1 fully saturated rings. The smallest absolute Gasteiger partial charge is 0.266 e. The molecule has 6 nitrogen and oxygen atoms in total. The van der Waals surface area contributed by atoms with E-state index in [1.54, 1.807) is 36.3 Å². The standard InChI is InChI=1S/C29H25BrClN3O3S/c1-18(2)16-34-28(35)27(38-29(34)33-23-10-8-22(31)9-11-23)13-21-12-25(36-3)26(14-24(21)30)37-17-20-7-5-4-6-19(20)15-32/h4-14,18H,16-17H2,1-3H3/b27-13-,33-29?. The molecular weight excluding hydrogens is 586 g/mol. The van der Waals surface area contributed by atoms with Gasteiger partial charge in [0.1, 0.15) is 6.61 Å². The molecule has 3 aromatic rings. The fraction of sp³-hybridized carbons (Fsp3) is 0.207. The highest BCUT2D eigenvalue weighted by atomic mass is 79.9. The van der Waals surface area contributed by atoms with Crippen molar-refractivity contribution in [1.29, 1.82) is 5.26 Å². The third kappa shape index (κ3) is 6.60. The molecule has 1 saturated heterocycles. The number of aliphatic imine (C=N–C) groups is 1. The molecule has 1 amide bonds. The van der Waals surface area contributed by atoms with Crippen LogP contribution in [0.2, 0.25) is 5.02 Å². The molecule has 1 aliphatic rings. The third-order valence-corrected chi connectivity index (χ3v) is 7.52. The van der Waals surface area contributed by atoms with Crippen LogP contribution in [0, 0.1) is 17.2 Å². The maximum absolute atomic E-state index is 13.4. The summed E-state index contributed by atoms with van der Waals surface area (Å²) in [6.07, 6.45) is 1.83. The predicted octanol–water partition coefficient (Wildman–Crippen LogP) is 7.82. The van der Waals surface area contributed by atoms with Crippen LogP contribution in [-0.4, -0.2) is 29.6 Å². The molecule has 1 heterocycles. The van der Waals surface area contributed by atoms with Crippen LogP contribution in [0.25, 0.3) is 6.08 Å². The van der Waals surface area contributed by atoms with Crippen molar-refractivity contribution in [1.82, 2.24) is 4.90 Å². The molecule has 0 aliphatic carbocycles. The number of thioether (sulfide) groups is 1. The molecular formula is C29H25BrClN3O3S. The fourth-order valence-electron chi connectivity index (χ4n) is 3.73. The molecule has 0 aromatic heterocycles. The van der Waals surface area contributed by atoms with Gasteiger partial charge >= 0.3 is 0 Å². The molecule has 4 rings (SSSR count). The van der Waals surface area contributed by atoms with Crippen molar-refractivity contribution >= 4 is 62.1 Å².